The standard InChI is InChI=1S/C14H17NO2S/c1-9-14(11(3)17-15-9)8-18-13-6-4-5-12(7-13)10(2)16/h4-7,10,16H,8H2,1-3H3. The van der Waals surface area contributed by atoms with Crippen LogP contribution < -0.4 is 0 Å². The largest absolute Gasteiger partial charge is 0.389 e. The summed E-state index contributed by atoms with van der Waals surface area (Å²) in [4.78, 5) is 1.15. The van der Waals surface area contributed by atoms with E-state index >= 15 is 0 Å². The Morgan fingerprint density at radius 1 is 1.39 bits per heavy atom. The molecule has 18 heavy (non-hydrogen) atoms. The van der Waals surface area contributed by atoms with Crippen LogP contribution in [0.4, 0.5) is 0 Å². The van der Waals surface area contributed by atoms with Crippen LogP contribution in [0.2, 0.25) is 0 Å². The van der Waals surface area contributed by atoms with Crippen molar-refractivity contribution in [2.24, 2.45) is 0 Å². The molecule has 2 rings (SSSR count). The zero-order valence-electron chi connectivity index (χ0n) is 10.8. The molecule has 0 fully saturated rings. The number of aliphatic hydroxyl groups is 1. The molecule has 2 aromatic rings. The molecule has 1 aromatic heterocycles. The Balaban J connectivity index is 2.09. The van der Waals surface area contributed by atoms with Crippen LogP contribution in [0.15, 0.2) is 33.7 Å². The van der Waals surface area contributed by atoms with Gasteiger partial charge in [0.1, 0.15) is 5.76 Å². The molecule has 4 heteroatoms. The molecule has 3 nitrogen and oxygen atoms in total. The SMILES string of the molecule is Cc1noc(C)c1CSc1cccc(C(C)O)c1. The first-order valence-corrected chi connectivity index (χ1v) is 6.89. The molecule has 0 aliphatic rings. The van der Waals surface area contributed by atoms with Gasteiger partial charge in [-0.2, -0.15) is 0 Å². The zero-order valence-corrected chi connectivity index (χ0v) is 11.6. The highest BCUT2D eigenvalue weighted by molar-refractivity contribution is 7.98. The van der Waals surface area contributed by atoms with E-state index in [-0.39, 0.29) is 0 Å². The summed E-state index contributed by atoms with van der Waals surface area (Å²) >= 11 is 1.73. The topological polar surface area (TPSA) is 46.3 Å². The van der Waals surface area contributed by atoms with Gasteiger partial charge in [0.05, 0.1) is 11.8 Å². The monoisotopic (exact) mass is 263 g/mol. The minimum absolute atomic E-state index is 0.426. The second-order valence-corrected chi connectivity index (χ2v) is 5.39. The maximum absolute atomic E-state index is 9.55. The third-order valence-electron chi connectivity index (χ3n) is 2.90. The minimum atomic E-state index is -0.426. The Morgan fingerprint density at radius 2 is 2.17 bits per heavy atom. The number of aliphatic hydroxyl groups excluding tert-OH is 1. The third-order valence-corrected chi connectivity index (χ3v) is 3.93. The van der Waals surface area contributed by atoms with Crippen molar-refractivity contribution in [3.8, 4) is 0 Å². The highest BCUT2D eigenvalue weighted by Gasteiger charge is 2.09. The predicted octanol–water partition coefficient (Wildman–Crippen LogP) is 3.64. The molecule has 96 valence electrons. The van der Waals surface area contributed by atoms with Crippen LogP contribution >= 0.6 is 11.8 Å². The Bertz CT molecular complexity index is 515. The summed E-state index contributed by atoms with van der Waals surface area (Å²) in [5.74, 6) is 1.72. The first-order valence-electron chi connectivity index (χ1n) is 5.90. The van der Waals surface area contributed by atoms with E-state index < -0.39 is 6.10 Å². The number of aryl methyl sites for hydroxylation is 2. The minimum Gasteiger partial charge on any atom is -0.389 e. The van der Waals surface area contributed by atoms with Crippen LogP contribution in [0.1, 0.15) is 35.6 Å². The molecular formula is C14H17NO2S. The van der Waals surface area contributed by atoms with Crippen LogP contribution in [0.3, 0.4) is 0 Å². The summed E-state index contributed by atoms with van der Waals surface area (Å²) < 4.78 is 5.14. The van der Waals surface area contributed by atoms with Crippen LogP contribution in [0, 0.1) is 13.8 Å². The van der Waals surface area contributed by atoms with Crippen LogP contribution in [0.5, 0.6) is 0 Å². The number of thioether (sulfide) groups is 1. The van der Waals surface area contributed by atoms with Crippen molar-refractivity contribution < 1.29 is 9.63 Å². The Labute approximate surface area is 111 Å². The average molecular weight is 263 g/mol. The quantitative estimate of drug-likeness (QED) is 0.855. The normalized spacial score (nSPS) is 12.7. The molecule has 1 aromatic carbocycles. The van der Waals surface area contributed by atoms with E-state index in [2.05, 4.69) is 11.2 Å². The van der Waals surface area contributed by atoms with E-state index in [0.29, 0.717) is 0 Å². The van der Waals surface area contributed by atoms with Gasteiger partial charge >= 0.3 is 0 Å². The molecular weight excluding hydrogens is 246 g/mol. The summed E-state index contributed by atoms with van der Waals surface area (Å²) in [6, 6.07) is 7.98. The summed E-state index contributed by atoms with van der Waals surface area (Å²) in [6.45, 7) is 5.67. The first-order chi connectivity index (χ1) is 8.58. The Hall–Kier alpha value is -1.26. The zero-order chi connectivity index (χ0) is 13.1. The lowest BCUT2D eigenvalue weighted by Gasteiger charge is -2.07. The lowest BCUT2D eigenvalue weighted by atomic mass is 10.1. The van der Waals surface area contributed by atoms with E-state index in [0.717, 1.165) is 33.2 Å². The number of hydrogen-bond donors (Lipinski definition) is 1. The molecule has 1 heterocycles. The smallest absolute Gasteiger partial charge is 0.137 e. The van der Waals surface area contributed by atoms with E-state index in [1.54, 1.807) is 18.7 Å². The van der Waals surface area contributed by atoms with Crippen LogP contribution in [-0.4, -0.2) is 10.3 Å². The number of benzene rings is 1. The molecule has 1 atom stereocenters. The molecule has 0 aliphatic carbocycles. The summed E-state index contributed by atoms with van der Waals surface area (Å²) in [7, 11) is 0. The Kier molecular flexibility index (Phi) is 4.09. The Morgan fingerprint density at radius 3 is 2.78 bits per heavy atom. The van der Waals surface area contributed by atoms with Crippen LogP contribution in [0.25, 0.3) is 0 Å². The van der Waals surface area contributed by atoms with Crippen molar-refractivity contribution in [3.05, 3.63) is 46.8 Å². The van der Waals surface area contributed by atoms with Crippen molar-refractivity contribution in [2.45, 2.75) is 37.5 Å². The van der Waals surface area contributed by atoms with Crippen molar-refractivity contribution >= 4 is 11.8 Å². The van der Waals surface area contributed by atoms with E-state index in [9.17, 15) is 5.11 Å². The number of rotatable bonds is 4. The highest BCUT2D eigenvalue weighted by atomic mass is 32.2. The van der Waals surface area contributed by atoms with Gasteiger partial charge in [-0.3, -0.25) is 0 Å². The van der Waals surface area contributed by atoms with Gasteiger partial charge in [0.25, 0.3) is 0 Å². The summed E-state index contributed by atoms with van der Waals surface area (Å²) in [5.41, 5.74) is 3.05. The van der Waals surface area contributed by atoms with Crippen molar-refractivity contribution in [1.29, 1.82) is 0 Å². The van der Waals surface area contributed by atoms with E-state index in [1.807, 2.05) is 32.0 Å². The molecule has 0 aliphatic heterocycles. The lowest BCUT2D eigenvalue weighted by Crippen LogP contribution is -1.91. The second-order valence-electron chi connectivity index (χ2n) is 4.34. The van der Waals surface area contributed by atoms with Crippen molar-refractivity contribution in [3.63, 3.8) is 0 Å². The molecule has 0 radical (unpaired) electrons. The second kappa shape index (κ2) is 5.59. The van der Waals surface area contributed by atoms with Gasteiger partial charge in [-0.05, 0) is 38.5 Å². The van der Waals surface area contributed by atoms with Gasteiger partial charge < -0.3 is 9.63 Å². The van der Waals surface area contributed by atoms with Crippen molar-refractivity contribution in [2.75, 3.05) is 0 Å². The van der Waals surface area contributed by atoms with Crippen molar-refractivity contribution in [1.82, 2.24) is 5.16 Å². The molecule has 0 amide bonds. The fourth-order valence-corrected chi connectivity index (χ4v) is 2.85. The van der Waals surface area contributed by atoms with Gasteiger partial charge in [0.2, 0.25) is 0 Å². The number of nitrogens with zero attached hydrogens (tertiary/aromatic N) is 1. The van der Waals surface area contributed by atoms with Gasteiger partial charge in [0, 0.05) is 16.2 Å². The molecule has 0 bridgehead atoms. The molecule has 0 spiro atoms. The fourth-order valence-electron chi connectivity index (χ4n) is 1.73. The average Bonchev–Trinajstić information content (AvgIpc) is 2.67. The highest BCUT2D eigenvalue weighted by Crippen LogP contribution is 2.27. The van der Waals surface area contributed by atoms with Gasteiger partial charge in [-0.15, -0.1) is 11.8 Å². The van der Waals surface area contributed by atoms with Crippen LogP contribution in [-0.2, 0) is 5.75 Å². The summed E-state index contributed by atoms with van der Waals surface area (Å²) in [6.07, 6.45) is -0.426. The molecule has 1 unspecified atom stereocenters. The lowest BCUT2D eigenvalue weighted by molar-refractivity contribution is 0.199. The molecule has 0 saturated carbocycles. The first kappa shape index (κ1) is 13.2. The number of hydrogen-bond acceptors (Lipinski definition) is 4. The molecule has 0 saturated heterocycles. The predicted molar refractivity (Wildman–Crippen MR) is 72.6 cm³/mol. The fraction of sp³-hybridized carbons (Fsp3) is 0.357. The van der Waals surface area contributed by atoms with E-state index in [4.69, 9.17) is 4.52 Å². The third kappa shape index (κ3) is 2.94. The number of aromatic nitrogens is 1. The maximum atomic E-state index is 9.55. The van der Waals surface area contributed by atoms with Gasteiger partial charge in [-0.1, -0.05) is 17.3 Å². The maximum Gasteiger partial charge on any atom is 0.137 e. The van der Waals surface area contributed by atoms with E-state index in [1.165, 1.54) is 0 Å². The van der Waals surface area contributed by atoms with Gasteiger partial charge in [0.15, 0.2) is 0 Å². The molecule has 1 N–H and O–H groups in total. The van der Waals surface area contributed by atoms with Gasteiger partial charge in [-0.25, -0.2) is 0 Å². The summed E-state index contributed by atoms with van der Waals surface area (Å²) in [5, 5.41) is 13.5.